The van der Waals surface area contributed by atoms with E-state index in [1.54, 1.807) is 0 Å². The van der Waals surface area contributed by atoms with Gasteiger partial charge in [-0.2, -0.15) is 0 Å². The van der Waals surface area contributed by atoms with Gasteiger partial charge < -0.3 is 15.2 Å². The fraction of sp³-hybridized carbons (Fsp3) is 0.500. The molecule has 21 heavy (non-hydrogen) atoms. The predicted octanol–water partition coefficient (Wildman–Crippen LogP) is 1.64. The van der Waals surface area contributed by atoms with Gasteiger partial charge in [-0.05, 0) is 18.9 Å². The van der Waals surface area contributed by atoms with E-state index in [0.29, 0.717) is 12.8 Å². The summed E-state index contributed by atoms with van der Waals surface area (Å²) in [6, 6.07) is 5.62. The summed E-state index contributed by atoms with van der Waals surface area (Å²) in [6.45, 7) is 3.58. The Morgan fingerprint density at radius 3 is 2.67 bits per heavy atom. The Hall–Kier alpha value is -2.15. The third-order valence-corrected chi connectivity index (χ3v) is 3.33. The van der Waals surface area contributed by atoms with Gasteiger partial charge >= 0.3 is 0 Å². The summed E-state index contributed by atoms with van der Waals surface area (Å²) in [6.07, 6.45) is 1.07. The number of nitro groups is 1. The largest absolute Gasteiger partial charge is 0.484 e. The Balaban J connectivity index is 2.46. The maximum absolute atomic E-state index is 11.6. The van der Waals surface area contributed by atoms with Crippen LogP contribution in [0, 0.1) is 10.1 Å². The summed E-state index contributed by atoms with van der Waals surface area (Å²) < 4.78 is 5.19. The summed E-state index contributed by atoms with van der Waals surface area (Å²) in [5, 5.41) is 23.2. The lowest BCUT2D eigenvalue weighted by atomic mass is 9.98. The minimum atomic E-state index is -0.915. The molecule has 0 radical (unpaired) electrons. The molecule has 1 aromatic carbocycles. The van der Waals surface area contributed by atoms with Crippen molar-refractivity contribution in [3.05, 3.63) is 34.4 Å². The molecule has 0 unspecified atom stereocenters. The number of nitrogens with one attached hydrogen (secondary N) is 1. The van der Waals surface area contributed by atoms with Crippen LogP contribution in [0.3, 0.4) is 0 Å². The van der Waals surface area contributed by atoms with Gasteiger partial charge in [0.15, 0.2) is 6.61 Å². The number of hydrogen-bond acceptors (Lipinski definition) is 5. The van der Waals surface area contributed by atoms with Gasteiger partial charge in [-0.3, -0.25) is 14.9 Å². The van der Waals surface area contributed by atoms with Crippen molar-refractivity contribution in [1.82, 2.24) is 5.32 Å². The van der Waals surface area contributed by atoms with E-state index in [0.717, 1.165) is 0 Å². The smallest absolute Gasteiger partial charge is 0.273 e. The quantitative estimate of drug-likeness (QED) is 0.561. The molecule has 1 amide bonds. The fourth-order valence-corrected chi connectivity index (χ4v) is 1.65. The van der Waals surface area contributed by atoms with Gasteiger partial charge in [0.1, 0.15) is 5.75 Å². The Morgan fingerprint density at radius 1 is 1.43 bits per heavy atom. The van der Waals surface area contributed by atoms with Crippen molar-refractivity contribution in [2.24, 2.45) is 0 Å². The van der Waals surface area contributed by atoms with Crippen molar-refractivity contribution in [2.45, 2.75) is 32.3 Å². The molecule has 0 aliphatic carbocycles. The number of rotatable bonds is 8. The molecule has 0 saturated carbocycles. The van der Waals surface area contributed by atoms with Gasteiger partial charge in [-0.1, -0.05) is 19.9 Å². The van der Waals surface area contributed by atoms with Gasteiger partial charge in [0.25, 0.3) is 11.6 Å². The minimum absolute atomic E-state index is 0.0979. The number of nitro benzene ring substituents is 1. The average molecular weight is 296 g/mol. The third kappa shape index (κ3) is 5.39. The van der Waals surface area contributed by atoms with Crippen LogP contribution in [0.4, 0.5) is 5.69 Å². The average Bonchev–Trinajstić information content (AvgIpc) is 2.50. The number of carbonyl (C=O) groups is 1. The highest BCUT2D eigenvalue weighted by molar-refractivity contribution is 5.77. The van der Waals surface area contributed by atoms with E-state index in [-0.39, 0.29) is 30.5 Å². The molecule has 7 heteroatoms. The van der Waals surface area contributed by atoms with Crippen LogP contribution in [0.2, 0.25) is 0 Å². The minimum Gasteiger partial charge on any atom is -0.484 e. The topological polar surface area (TPSA) is 102 Å². The van der Waals surface area contributed by atoms with Crippen LogP contribution in [-0.2, 0) is 4.79 Å². The molecule has 7 nitrogen and oxygen atoms in total. The number of nitrogens with zero attached hydrogens (tertiary/aromatic N) is 1. The molecule has 0 bridgehead atoms. The molecule has 0 aromatic heterocycles. The number of amides is 1. The second kappa shape index (κ2) is 7.58. The standard InChI is InChI=1S/C14H20N2O5/c1-3-14(18,4-2)10-15-13(17)9-21-12-7-5-6-11(8-12)16(19)20/h5-8,18H,3-4,9-10H2,1-2H3,(H,15,17). The van der Waals surface area contributed by atoms with E-state index in [2.05, 4.69) is 5.32 Å². The molecule has 0 heterocycles. The van der Waals surface area contributed by atoms with Crippen molar-refractivity contribution in [1.29, 1.82) is 0 Å². The molecule has 0 atom stereocenters. The molecule has 1 rings (SSSR count). The second-order valence-electron chi connectivity index (χ2n) is 4.75. The molecular formula is C14H20N2O5. The first-order valence-corrected chi connectivity index (χ1v) is 6.76. The van der Waals surface area contributed by atoms with Gasteiger partial charge in [0.05, 0.1) is 16.6 Å². The lowest BCUT2D eigenvalue weighted by molar-refractivity contribution is -0.384. The Morgan fingerprint density at radius 2 is 2.10 bits per heavy atom. The number of hydrogen-bond donors (Lipinski definition) is 2. The normalized spacial score (nSPS) is 11.0. The summed E-state index contributed by atoms with van der Waals surface area (Å²) in [4.78, 5) is 21.7. The predicted molar refractivity (Wildman–Crippen MR) is 77.1 cm³/mol. The fourth-order valence-electron chi connectivity index (χ4n) is 1.65. The summed E-state index contributed by atoms with van der Waals surface area (Å²) >= 11 is 0. The van der Waals surface area contributed by atoms with Crippen molar-refractivity contribution in [2.75, 3.05) is 13.2 Å². The van der Waals surface area contributed by atoms with Crippen LogP contribution in [0.25, 0.3) is 0 Å². The van der Waals surface area contributed by atoms with Gasteiger partial charge in [0.2, 0.25) is 0 Å². The molecular weight excluding hydrogens is 276 g/mol. The molecule has 0 aliphatic heterocycles. The molecule has 2 N–H and O–H groups in total. The lowest BCUT2D eigenvalue weighted by Gasteiger charge is -2.25. The SMILES string of the molecule is CCC(O)(CC)CNC(=O)COc1cccc([N+](=O)[O-])c1. The van der Waals surface area contributed by atoms with E-state index < -0.39 is 10.5 Å². The van der Waals surface area contributed by atoms with Crippen molar-refractivity contribution in [3.8, 4) is 5.75 Å². The Labute approximate surface area is 123 Å². The maximum atomic E-state index is 11.6. The van der Waals surface area contributed by atoms with Crippen molar-refractivity contribution < 1.29 is 19.6 Å². The van der Waals surface area contributed by atoms with Crippen molar-refractivity contribution in [3.63, 3.8) is 0 Å². The van der Waals surface area contributed by atoms with E-state index in [9.17, 15) is 20.0 Å². The van der Waals surface area contributed by atoms with Gasteiger partial charge in [-0.15, -0.1) is 0 Å². The molecule has 0 spiro atoms. The van der Waals surface area contributed by atoms with Gasteiger partial charge in [0, 0.05) is 12.6 Å². The zero-order chi connectivity index (χ0) is 15.9. The number of non-ortho nitro benzene ring substituents is 1. The van der Waals surface area contributed by atoms with Crippen LogP contribution in [0.5, 0.6) is 5.75 Å². The first-order chi connectivity index (χ1) is 9.90. The zero-order valence-electron chi connectivity index (χ0n) is 12.2. The summed E-state index contributed by atoms with van der Waals surface area (Å²) in [5.74, 6) is -0.137. The van der Waals surface area contributed by atoms with E-state index in [4.69, 9.17) is 4.74 Å². The second-order valence-corrected chi connectivity index (χ2v) is 4.75. The monoisotopic (exact) mass is 296 g/mol. The molecule has 116 valence electrons. The zero-order valence-corrected chi connectivity index (χ0v) is 12.2. The van der Waals surface area contributed by atoms with Gasteiger partial charge in [-0.25, -0.2) is 0 Å². The van der Waals surface area contributed by atoms with E-state index in [1.807, 2.05) is 13.8 Å². The number of carbonyl (C=O) groups excluding carboxylic acids is 1. The van der Waals surface area contributed by atoms with E-state index in [1.165, 1.54) is 24.3 Å². The van der Waals surface area contributed by atoms with Crippen LogP contribution < -0.4 is 10.1 Å². The highest BCUT2D eigenvalue weighted by Gasteiger charge is 2.22. The Bertz CT molecular complexity index is 500. The molecule has 1 aromatic rings. The number of ether oxygens (including phenoxy) is 1. The Kier molecular flexibility index (Phi) is 6.10. The number of aliphatic hydroxyl groups is 1. The van der Waals surface area contributed by atoms with Crippen LogP contribution >= 0.6 is 0 Å². The third-order valence-electron chi connectivity index (χ3n) is 3.33. The van der Waals surface area contributed by atoms with Crippen LogP contribution in [0.15, 0.2) is 24.3 Å². The molecule has 0 saturated heterocycles. The molecule has 0 fully saturated rings. The lowest BCUT2D eigenvalue weighted by Crippen LogP contribution is -2.43. The summed E-state index contributed by atoms with van der Waals surface area (Å²) in [5.41, 5.74) is -1.01. The number of benzene rings is 1. The first-order valence-electron chi connectivity index (χ1n) is 6.76. The highest BCUT2D eigenvalue weighted by atomic mass is 16.6. The van der Waals surface area contributed by atoms with Crippen molar-refractivity contribution >= 4 is 11.6 Å². The van der Waals surface area contributed by atoms with Crippen LogP contribution in [-0.4, -0.2) is 34.7 Å². The van der Waals surface area contributed by atoms with E-state index >= 15 is 0 Å². The summed E-state index contributed by atoms with van der Waals surface area (Å²) in [7, 11) is 0. The highest BCUT2D eigenvalue weighted by Crippen LogP contribution is 2.19. The first kappa shape index (κ1) is 16.9. The van der Waals surface area contributed by atoms with Crippen LogP contribution in [0.1, 0.15) is 26.7 Å². The molecule has 0 aliphatic rings. The maximum Gasteiger partial charge on any atom is 0.273 e.